The van der Waals surface area contributed by atoms with Crippen LogP contribution >= 0.6 is 0 Å². The normalized spacial score (nSPS) is 19.1. The number of nitrogens with zero attached hydrogens (tertiary/aromatic N) is 3. The Kier molecular flexibility index (Phi) is 7.61. The Morgan fingerprint density at radius 3 is 2.59 bits per heavy atom. The van der Waals surface area contributed by atoms with Crippen LogP contribution in [-0.2, 0) is 25.5 Å². The average molecular weight is 556 g/mol. The first-order valence-electron chi connectivity index (χ1n) is 13.0. The molecule has 1 unspecified atom stereocenters. The molecule has 0 radical (unpaired) electrons. The fraction of sp³-hybridized carbons (Fsp3) is 0.500. The number of pyridine rings is 3. The van der Waals surface area contributed by atoms with E-state index >= 15 is 0 Å². The van der Waals surface area contributed by atoms with Crippen molar-refractivity contribution in [2.45, 2.75) is 77.5 Å². The van der Waals surface area contributed by atoms with Crippen LogP contribution in [0.2, 0.25) is 0 Å². The number of carbonyl (C=O) groups is 1. The van der Waals surface area contributed by atoms with Crippen LogP contribution in [0.3, 0.4) is 0 Å². The zero-order chi connectivity index (χ0) is 28.8. The van der Waals surface area contributed by atoms with Crippen molar-refractivity contribution >= 4 is 38.2 Å². The van der Waals surface area contributed by atoms with Crippen LogP contribution in [0, 0.1) is 0 Å². The number of nitrogens with one attached hydrogen (secondary N) is 1. The van der Waals surface area contributed by atoms with E-state index in [0.29, 0.717) is 47.0 Å². The summed E-state index contributed by atoms with van der Waals surface area (Å²) in [6.07, 6.45) is 4.91. The average Bonchev–Trinajstić information content (AvgIpc) is 2.86. The summed E-state index contributed by atoms with van der Waals surface area (Å²) in [4.78, 5) is 26.3. The molecule has 0 saturated heterocycles. The van der Waals surface area contributed by atoms with Crippen molar-refractivity contribution in [3.05, 3.63) is 47.4 Å². The van der Waals surface area contributed by atoms with Gasteiger partial charge in [-0.2, -0.15) is 0 Å². The number of hydrogen-bond donors (Lipinski definition) is 2. The van der Waals surface area contributed by atoms with Crippen LogP contribution in [0.25, 0.3) is 10.8 Å². The zero-order valence-corrected chi connectivity index (χ0v) is 24.3. The predicted octanol–water partition coefficient (Wildman–Crippen LogP) is 4.39. The Morgan fingerprint density at radius 2 is 1.92 bits per heavy atom. The summed E-state index contributed by atoms with van der Waals surface area (Å²) in [5.74, 6) is 1.09. The molecule has 0 fully saturated rings. The molecule has 4 rings (SSSR count). The molecule has 1 aliphatic heterocycles. The quantitative estimate of drug-likeness (QED) is 0.364. The highest BCUT2D eigenvalue weighted by atomic mass is 32.2. The molecule has 11 heteroatoms. The number of aromatic nitrogens is 3. The molecular weight excluding hydrogens is 518 g/mol. The van der Waals surface area contributed by atoms with E-state index in [1.807, 2.05) is 47.6 Å². The van der Waals surface area contributed by atoms with E-state index < -0.39 is 20.8 Å². The summed E-state index contributed by atoms with van der Waals surface area (Å²) in [7, 11) is -3.11. The van der Waals surface area contributed by atoms with Gasteiger partial charge in [0.1, 0.15) is 27.6 Å². The first kappa shape index (κ1) is 28.7. The number of anilines is 2. The Bertz CT molecular complexity index is 1520. The summed E-state index contributed by atoms with van der Waals surface area (Å²) in [5.41, 5.74) is 7.48. The second-order valence-corrected chi connectivity index (χ2v) is 13.5. The fourth-order valence-corrected chi connectivity index (χ4v) is 5.19. The smallest absolute Gasteiger partial charge is 0.340 e. The predicted molar refractivity (Wildman–Crippen MR) is 151 cm³/mol. The van der Waals surface area contributed by atoms with E-state index in [1.165, 1.54) is 6.26 Å². The Labute approximate surface area is 229 Å². The third-order valence-corrected chi connectivity index (χ3v) is 8.55. The van der Waals surface area contributed by atoms with Crippen LogP contribution in [-0.4, -0.2) is 53.6 Å². The molecule has 210 valence electrons. The lowest BCUT2D eigenvalue weighted by Gasteiger charge is -2.36. The molecule has 0 bridgehead atoms. The third kappa shape index (κ3) is 5.99. The summed E-state index contributed by atoms with van der Waals surface area (Å²) < 4.78 is 34.7. The molecule has 0 aromatic carbocycles. The Hall–Kier alpha value is -3.31. The van der Waals surface area contributed by atoms with E-state index in [9.17, 15) is 13.2 Å². The third-order valence-electron chi connectivity index (χ3n) is 7.57. The molecule has 3 atom stereocenters. The largest absolute Gasteiger partial charge is 0.474 e. The number of cyclic esters (lactones) is 1. The van der Waals surface area contributed by atoms with E-state index in [0.717, 1.165) is 10.9 Å². The minimum atomic E-state index is -3.11. The van der Waals surface area contributed by atoms with Crippen molar-refractivity contribution in [3.63, 3.8) is 0 Å². The highest BCUT2D eigenvalue weighted by molar-refractivity contribution is 7.90. The minimum absolute atomic E-state index is 0.0221. The van der Waals surface area contributed by atoms with E-state index in [2.05, 4.69) is 15.3 Å². The van der Waals surface area contributed by atoms with Gasteiger partial charge >= 0.3 is 5.97 Å². The van der Waals surface area contributed by atoms with Crippen LogP contribution in [0.4, 0.5) is 11.6 Å². The van der Waals surface area contributed by atoms with Gasteiger partial charge in [0.25, 0.3) is 0 Å². The standard InChI is InChI=1S/C28H37N5O5S/c1-8-28(6,29)21-15-31-25(37-16(2)11-12-39(7,35)36)20-14-30-23(13-19(20)21)32-22-10-9-18-24(33-22)27(4,5)17(3)38-26(18)34/h9-10,13-17H,8,11-12,29H2,1-7H3,(H,30,32,33)/t16-,17+,28?/m1/s1. The van der Waals surface area contributed by atoms with Gasteiger partial charge in [0.05, 0.1) is 28.5 Å². The molecule has 10 nitrogen and oxygen atoms in total. The number of esters is 1. The van der Waals surface area contributed by atoms with E-state index in [4.69, 9.17) is 20.2 Å². The van der Waals surface area contributed by atoms with Gasteiger partial charge in [0.2, 0.25) is 5.88 Å². The minimum Gasteiger partial charge on any atom is -0.474 e. The molecule has 0 saturated carbocycles. The lowest BCUT2D eigenvalue weighted by molar-refractivity contribution is 0.00864. The first-order valence-corrected chi connectivity index (χ1v) is 15.1. The highest BCUT2D eigenvalue weighted by Gasteiger charge is 2.41. The summed E-state index contributed by atoms with van der Waals surface area (Å²) in [6, 6.07) is 5.32. The first-order chi connectivity index (χ1) is 18.1. The molecule has 4 heterocycles. The number of fused-ring (bicyclic) bond motifs is 2. The van der Waals surface area contributed by atoms with Crippen molar-refractivity contribution in [1.82, 2.24) is 15.0 Å². The number of carbonyl (C=O) groups excluding carboxylic acids is 1. The lowest BCUT2D eigenvalue weighted by atomic mass is 9.79. The lowest BCUT2D eigenvalue weighted by Crippen LogP contribution is -2.42. The van der Waals surface area contributed by atoms with Gasteiger partial charge < -0.3 is 20.5 Å². The summed E-state index contributed by atoms with van der Waals surface area (Å²) in [5, 5.41) is 4.75. The van der Waals surface area contributed by atoms with Gasteiger partial charge in [-0.15, -0.1) is 0 Å². The SMILES string of the molecule is CCC(C)(N)c1cnc(O[C@H](C)CCS(C)(=O)=O)c2cnc(Nc3ccc4c(n3)C(C)(C)[C@H](C)OC4=O)cc12. The van der Waals surface area contributed by atoms with Gasteiger partial charge in [0, 0.05) is 29.6 Å². The molecule has 3 N–H and O–H groups in total. The second kappa shape index (κ2) is 10.3. The van der Waals surface area contributed by atoms with E-state index in [-0.39, 0.29) is 23.9 Å². The van der Waals surface area contributed by atoms with Crippen molar-refractivity contribution in [3.8, 4) is 5.88 Å². The van der Waals surface area contributed by atoms with Gasteiger partial charge in [-0.1, -0.05) is 20.8 Å². The monoisotopic (exact) mass is 555 g/mol. The molecule has 0 amide bonds. The number of nitrogens with two attached hydrogens (primary N) is 1. The van der Waals surface area contributed by atoms with Crippen molar-refractivity contribution in [2.24, 2.45) is 5.73 Å². The van der Waals surface area contributed by atoms with E-state index in [1.54, 1.807) is 24.5 Å². The zero-order valence-electron chi connectivity index (χ0n) is 23.5. The number of rotatable bonds is 9. The van der Waals surface area contributed by atoms with Crippen molar-refractivity contribution in [2.75, 3.05) is 17.3 Å². The maximum Gasteiger partial charge on any atom is 0.340 e. The van der Waals surface area contributed by atoms with Gasteiger partial charge in [-0.05, 0) is 62.8 Å². The Morgan fingerprint density at radius 1 is 1.21 bits per heavy atom. The molecule has 0 spiro atoms. The number of sulfone groups is 1. The summed E-state index contributed by atoms with van der Waals surface area (Å²) in [6.45, 7) is 11.6. The molecule has 3 aromatic heterocycles. The van der Waals surface area contributed by atoms with Crippen molar-refractivity contribution < 1.29 is 22.7 Å². The number of hydrogen-bond acceptors (Lipinski definition) is 10. The number of ether oxygens (including phenoxy) is 2. The molecule has 0 aliphatic carbocycles. The van der Waals surface area contributed by atoms with Crippen LogP contribution < -0.4 is 15.8 Å². The van der Waals surface area contributed by atoms with Crippen molar-refractivity contribution in [1.29, 1.82) is 0 Å². The highest BCUT2D eigenvalue weighted by Crippen LogP contribution is 2.37. The molecule has 1 aliphatic rings. The van der Waals surface area contributed by atoms with Crippen LogP contribution in [0.15, 0.2) is 30.6 Å². The molecular formula is C28H37N5O5S. The maximum atomic E-state index is 12.4. The fourth-order valence-electron chi connectivity index (χ4n) is 4.43. The topological polar surface area (TPSA) is 146 Å². The maximum absolute atomic E-state index is 12.4. The summed E-state index contributed by atoms with van der Waals surface area (Å²) >= 11 is 0. The van der Waals surface area contributed by atoms with Gasteiger partial charge in [-0.25, -0.2) is 28.2 Å². The van der Waals surface area contributed by atoms with Gasteiger partial charge in [0.15, 0.2) is 0 Å². The molecule has 3 aromatic rings. The second-order valence-electron chi connectivity index (χ2n) is 11.2. The van der Waals surface area contributed by atoms with Gasteiger partial charge in [-0.3, -0.25) is 0 Å². The van der Waals surface area contributed by atoms with Crippen LogP contribution in [0.1, 0.15) is 76.0 Å². The van der Waals surface area contributed by atoms with Crippen LogP contribution in [0.5, 0.6) is 5.88 Å². The Balaban J connectivity index is 1.72. The molecule has 39 heavy (non-hydrogen) atoms.